The third kappa shape index (κ3) is 7.00. The number of anilines is 3. The first kappa shape index (κ1) is 30.9. The lowest BCUT2D eigenvalue weighted by Gasteiger charge is -2.29. The van der Waals surface area contributed by atoms with Crippen molar-refractivity contribution in [2.75, 3.05) is 22.6 Å². The maximum Gasteiger partial charge on any atom is 0.338 e. The molecular weight excluding hydrogens is 588 g/mol. The summed E-state index contributed by atoms with van der Waals surface area (Å²) < 4.78 is 10.7. The number of esters is 1. The molecule has 2 amide bonds. The summed E-state index contributed by atoms with van der Waals surface area (Å²) in [5, 5.41) is 16.9. The first-order chi connectivity index (χ1) is 21.9. The van der Waals surface area contributed by atoms with E-state index in [1.165, 1.54) is 18.0 Å². The molecule has 2 N–H and O–H groups in total. The Balaban J connectivity index is 1.40. The molecule has 1 atom stereocenters. The number of para-hydroxylation sites is 2. The van der Waals surface area contributed by atoms with Crippen LogP contribution in [0.15, 0.2) is 130 Å². The Kier molecular flexibility index (Phi) is 9.82. The normalized spacial score (nSPS) is 14.3. The fourth-order valence-electron chi connectivity index (χ4n) is 4.96. The van der Waals surface area contributed by atoms with Crippen LogP contribution >= 0.6 is 11.8 Å². The van der Waals surface area contributed by atoms with E-state index in [1.807, 2.05) is 60.7 Å². The molecule has 2 heterocycles. The van der Waals surface area contributed by atoms with Crippen molar-refractivity contribution in [3.63, 3.8) is 0 Å². The van der Waals surface area contributed by atoms with Gasteiger partial charge in [-0.25, -0.2) is 4.79 Å². The zero-order chi connectivity index (χ0) is 31.8. The number of amides is 2. The second-order valence-electron chi connectivity index (χ2n) is 9.91. The van der Waals surface area contributed by atoms with E-state index in [2.05, 4.69) is 16.7 Å². The highest BCUT2D eigenvalue weighted by molar-refractivity contribution is 8.03. The average Bonchev–Trinajstić information content (AvgIpc) is 3.60. The van der Waals surface area contributed by atoms with Gasteiger partial charge in [-0.05, 0) is 74.5 Å². The van der Waals surface area contributed by atoms with Gasteiger partial charge in [0.2, 0.25) is 5.91 Å². The Morgan fingerprint density at radius 2 is 1.60 bits per heavy atom. The number of nitriles is 1. The highest BCUT2D eigenvalue weighted by Gasteiger charge is 2.37. The maximum atomic E-state index is 13.7. The summed E-state index contributed by atoms with van der Waals surface area (Å²) in [7, 11) is 0. The number of benzene rings is 3. The summed E-state index contributed by atoms with van der Waals surface area (Å²) in [6.07, 6.45) is 1.49. The van der Waals surface area contributed by atoms with Crippen LogP contribution in [0.2, 0.25) is 0 Å². The summed E-state index contributed by atoms with van der Waals surface area (Å²) in [4.78, 5) is 41.1. The number of allylic oxidation sites excluding steroid dienone is 2. The molecule has 1 aliphatic heterocycles. The third-order valence-electron chi connectivity index (χ3n) is 6.99. The number of hydrogen-bond acceptors (Lipinski definition) is 8. The van der Waals surface area contributed by atoms with E-state index in [-0.39, 0.29) is 23.8 Å². The largest absolute Gasteiger partial charge is 0.468 e. The Labute approximate surface area is 265 Å². The lowest BCUT2D eigenvalue weighted by Crippen LogP contribution is -2.32. The van der Waals surface area contributed by atoms with Crippen molar-refractivity contribution in [2.24, 2.45) is 0 Å². The Hall–Kier alpha value is -5.53. The van der Waals surface area contributed by atoms with Crippen molar-refractivity contribution in [2.45, 2.75) is 19.8 Å². The molecule has 226 valence electrons. The number of furan rings is 1. The molecule has 0 fully saturated rings. The molecule has 3 aromatic carbocycles. The van der Waals surface area contributed by atoms with E-state index in [4.69, 9.17) is 9.15 Å². The van der Waals surface area contributed by atoms with Gasteiger partial charge in [-0.15, -0.1) is 0 Å². The minimum atomic E-state index is -0.818. The first-order valence-electron chi connectivity index (χ1n) is 14.2. The highest BCUT2D eigenvalue weighted by Crippen LogP contribution is 2.41. The zero-order valence-electron chi connectivity index (χ0n) is 24.7. The summed E-state index contributed by atoms with van der Waals surface area (Å²) >= 11 is 1.19. The van der Waals surface area contributed by atoms with Crippen LogP contribution in [0, 0.1) is 11.3 Å². The van der Waals surface area contributed by atoms with Crippen LogP contribution in [0.3, 0.4) is 0 Å². The predicted octanol–water partition coefficient (Wildman–Crippen LogP) is 6.89. The number of carbonyl (C=O) groups excluding carboxylic acids is 3. The fraction of sp³-hybridized carbons (Fsp3) is 0.143. The number of carbonyl (C=O) groups is 3. The van der Waals surface area contributed by atoms with Crippen molar-refractivity contribution < 1.29 is 23.5 Å². The SMILES string of the molecule is CCOC(=O)c1ccc(NC(=O)C2=C(C)NC(SCC(=O)N(c3ccccc3)c3ccccc3)=C(C#N)[C@H]2c2ccco2)cc1. The number of nitrogens with zero attached hydrogens (tertiary/aromatic N) is 2. The number of hydrogen-bond donors (Lipinski definition) is 2. The number of thioether (sulfide) groups is 1. The second kappa shape index (κ2) is 14.3. The lowest BCUT2D eigenvalue weighted by atomic mass is 9.85. The van der Waals surface area contributed by atoms with Gasteiger partial charge in [0, 0.05) is 22.8 Å². The van der Waals surface area contributed by atoms with Crippen molar-refractivity contribution in [3.8, 4) is 6.07 Å². The van der Waals surface area contributed by atoms with Crippen LogP contribution in [0.4, 0.5) is 17.1 Å². The molecule has 0 unspecified atom stereocenters. The van der Waals surface area contributed by atoms with Gasteiger partial charge in [-0.1, -0.05) is 48.2 Å². The van der Waals surface area contributed by atoms with Crippen LogP contribution in [0.25, 0.3) is 0 Å². The number of nitrogens with one attached hydrogen (secondary N) is 2. The Morgan fingerprint density at radius 3 is 2.16 bits per heavy atom. The zero-order valence-corrected chi connectivity index (χ0v) is 25.5. The van der Waals surface area contributed by atoms with E-state index in [1.54, 1.807) is 55.1 Å². The van der Waals surface area contributed by atoms with Crippen LogP contribution < -0.4 is 15.5 Å². The minimum absolute atomic E-state index is 0.0177. The van der Waals surface area contributed by atoms with Gasteiger partial charge in [0.25, 0.3) is 5.91 Å². The number of dihydropyridines is 1. The Morgan fingerprint density at radius 1 is 0.956 bits per heavy atom. The number of ether oxygens (including phenoxy) is 1. The third-order valence-corrected chi connectivity index (χ3v) is 7.99. The van der Waals surface area contributed by atoms with Gasteiger partial charge < -0.3 is 19.8 Å². The summed E-state index contributed by atoms with van der Waals surface area (Å²) in [5.41, 5.74) is 3.32. The van der Waals surface area contributed by atoms with Crippen LogP contribution in [-0.2, 0) is 14.3 Å². The first-order valence-corrected chi connectivity index (χ1v) is 15.2. The molecular formula is C35H30N4O5S. The predicted molar refractivity (Wildman–Crippen MR) is 173 cm³/mol. The van der Waals surface area contributed by atoms with Crippen LogP contribution in [0.5, 0.6) is 0 Å². The summed E-state index contributed by atoms with van der Waals surface area (Å²) in [5.74, 6) is -1.47. The monoisotopic (exact) mass is 618 g/mol. The maximum absolute atomic E-state index is 13.7. The molecule has 45 heavy (non-hydrogen) atoms. The van der Waals surface area contributed by atoms with Crippen molar-refractivity contribution >= 4 is 46.6 Å². The molecule has 0 radical (unpaired) electrons. The Bertz CT molecular complexity index is 1740. The highest BCUT2D eigenvalue weighted by atomic mass is 32.2. The molecule has 4 aromatic rings. The quantitative estimate of drug-likeness (QED) is 0.184. The molecule has 1 aromatic heterocycles. The molecule has 9 nitrogen and oxygen atoms in total. The van der Waals surface area contributed by atoms with E-state index in [0.29, 0.717) is 33.3 Å². The lowest BCUT2D eigenvalue weighted by molar-refractivity contribution is -0.115. The van der Waals surface area contributed by atoms with E-state index in [9.17, 15) is 19.6 Å². The molecule has 5 rings (SSSR count). The number of rotatable bonds is 10. The minimum Gasteiger partial charge on any atom is -0.468 e. The molecule has 1 aliphatic rings. The van der Waals surface area contributed by atoms with Gasteiger partial charge >= 0.3 is 5.97 Å². The smallest absolute Gasteiger partial charge is 0.338 e. The van der Waals surface area contributed by atoms with Crippen molar-refractivity contribution in [3.05, 3.63) is 137 Å². The van der Waals surface area contributed by atoms with E-state index in [0.717, 1.165) is 11.4 Å². The van der Waals surface area contributed by atoms with Gasteiger partial charge in [0.05, 0.1) is 52.3 Å². The standard InChI is InChI=1S/C35H30N4O5S/c1-3-43-35(42)24-16-18-25(19-17-24)38-33(41)31-23(2)37-34(28(21-36)32(31)29-15-10-20-44-29)45-22-30(40)39(26-11-6-4-7-12-26)27-13-8-5-9-14-27/h4-20,32,37H,3,22H2,1-2H3,(H,38,41)/t32-/m0/s1. The fourth-order valence-corrected chi connectivity index (χ4v) is 5.90. The van der Waals surface area contributed by atoms with E-state index >= 15 is 0 Å². The van der Waals surface area contributed by atoms with Crippen molar-refractivity contribution in [1.29, 1.82) is 5.26 Å². The molecule has 0 bridgehead atoms. The van der Waals surface area contributed by atoms with Gasteiger partial charge in [0.1, 0.15) is 5.76 Å². The summed E-state index contributed by atoms with van der Waals surface area (Å²) in [6, 6.07) is 30.7. The van der Waals surface area contributed by atoms with Crippen molar-refractivity contribution in [1.82, 2.24) is 5.32 Å². The van der Waals surface area contributed by atoms with Crippen LogP contribution in [-0.4, -0.2) is 30.1 Å². The van der Waals surface area contributed by atoms with E-state index < -0.39 is 17.8 Å². The molecule has 0 saturated carbocycles. The molecule has 0 spiro atoms. The summed E-state index contributed by atoms with van der Waals surface area (Å²) in [6.45, 7) is 3.73. The topological polar surface area (TPSA) is 125 Å². The molecule has 10 heteroatoms. The van der Waals surface area contributed by atoms with Gasteiger partial charge in [-0.3, -0.25) is 14.5 Å². The second-order valence-corrected chi connectivity index (χ2v) is 10.9. The van der Waals surface area contributed by atoms with Gasteiger partial charge in [0.15, 0.2) is 0 Å². The van der Waals surface area contributed by atoms with Gasteiger partial charge in [-0.2, -0.15) is 5.26 Å². The molecule has 0 aliphatic carbocycles. The average molecular weight is 619 g/mol. The molecule has 0 saturated heterocycles. The van der Waals surface area contributed by atoms with Crippen LogP contribution in [0.1, 0.15) is 35.9 Å².